The summed E-state index contributed by atoms with van der Waals surface area (Å²) < 4.78 is 13.9. The van der Waals surface area contributed by atoms with E-state index in [1.165, 1.54) is 22.6 Å². The molecule has 1 fully saturated rings. The Kier molecular flexibility index (Phi) is 4.83. The number of carbonyl (C=O) groups is 2. The minimum Gasteiger partial charge on any atom is -0.325 e. The van der Waals surface area contributed by atoms with Crippen molar-refractivity contribution >= 4 is 17.5 Å². The predicted octanol–water partition coefficient (Wildman–Crippen LogP) is 3.27. The topological polar surface area (TPSA) is 40.6 Å². The molecule has 2 aromatic carbocycles. The minimum atomic E-state index is -0.633. The Labute approximate surface area is 146 Å². The molecular weight excluding hydrogens is 319 g/mol. The maximum absolute atomic E-state index is 13.9. The summed E-state index contributed by atoms with van der Waals surface area (Å²) in [5.41, 5.74) is 2.03. The number of piperazine rings is 1. The molecule has 0 N–H and O–H groups in total. The van der Waals surface area contributed by atoms with Gasteiger partial charge >= 0.3 is 0 Å². The Morgan fingerprint density at radius 2 is 1.80 bits per heavy atom. The number of hydrogen-bond donors (Lipinski definition) is 0. The number of benzene rings is 2. The molecule has 1 saturated heterocycles. The van der Waals surface area contributed by atoms with Crippen molar-refractivity contribution in [3.05, 3.63) is 65.5 Å². The van der Waals surface area contributed by atoms with E-state index in [0.29, 0.717) is 13.1 Å². The molecule has 1 unspecified atom stereocenters. The zero-order valence-electron chi connectivity index (χ0n) is 14.4. The van der Waals surface area contributed by atoms with Crippen LogP contribution in [0.25, 0.3) is 0 Å². The number of aryl methyl sites for hydroxylation is 1. The van der Waals surface area contributed by atoms with Gasteiger partial charge in [-0.25, -0.2) is 4.39 Å². The molecule has 25 heavy (non-hydrogen) atoms. The van der Waals surface area contributed by atoms with E-state index < -0.39 is 17.8 Å². The van der Waals surface area contributed by atoms with Gasteiger partial charge in [0, 0.05) is 18.8 Å². The van der Waals surface area contributed by atoms with Gasteiger partial charge in [-0.3, -0.25) is 9.59 Å². The van der Waals surface area contributed by atoms with Crippen molar-refractivity contribution in [2.75, 3.05) is 18.0 Å². The second-order valence-corrected chi connectivity index (χ2v) is 6.16. The van der Waals surface area contributed by atoms with Crippen molar-refractivity contribution in [1.29, 1.82) is 0 Å². The summed E-state index contributed by atoms with van der Waals surface area (Å²) in [4.78, 5) is 28.5. The number of anilines is 1. The van der Waals surface area contributed by atoms with Crippen molar-refractivity contribution in [3.8, 4) is 0 Å². The SMILES string of the molecule is CCc1ccc(N2CCN(C(=O)c3ccccc3F)C(C)C2=O)cc1. The molecule has 1 heterocycles. The normalized spacial score (nSPS) is 17.7. The molecule has 0 radical (unpaired) electrons. The Balaban J connectivity index is 1.79. The summed E-state index contributed by atoms with van der Waals surface area (Å²) >= 11 is 0. The minimum absolute atomic E-state index is 0.00268. The van der Waals surface area contributed by atoms with Crippen LogP contribution in [0.2, 0.25) is 0 Å². The highest BCUT2D eigenvalue weighted by molar-refractivity contribution is 6.03. The van der Waals surface area contributed by atoms with E-state index in [4.69, 9.17) is 0 Å². The van der Waals surface area contributed by atoms with Gasteiger partial charge in [-0.2, -0.15) is 0 Å². The Bertz CT molecular complexity index is 789. The molecule has 3 rings (SSSR count). The standard InChI is InChI=1S/C20H21FN2O2/c1-3-15-8-10-16(11-9-15)23-13-12-22(14(2)19(23)24)20(25)17-6-4-5-7-18(17)21/h4-11,14H,3,12-13H2,1-2H3. The van der Waals surface area contributed by atoms with Gasteiger partial charge in [0.25, 0.3) is 5.91 Å². The fourth-order valence-electron chi connectivity index (χ4n) is 3.11. The van der Waals surface area contributed by atoms with Crippen molar-refractivity contribution in [2.24, 2.45) is 0 Å². The molecule has 5 heteroatoms. The van der Waals surface area contributed by atoms with E-state index >= 15 is 0 Å². The first-order valence-corrected chi connectivity index (χ1v) is 8.48. The first kappa shape index (κ1) is 17.1. The largest absolute Gasteiger partial charge is 0.325 e. The van der Waals surface area contributed by atoms with Gasteiger partial charge in [0.15, 0.2) is 0 Å². The fraction of sp³-hybridized carbons (Fsp3) is 0.300. The molecule has 1 aliphatic rings. The molecule has 0 bridgehead atoms. The first-order valence-electron chi connectivity index (χ1n) is 8.48. The zero-order chi connectivity index (χ0) is 18.0. The molecule has 0 saturated carbocycles. The number of amides is 2. The van der Waals surface area contributed by atoms with E-state index in [1.807, 2.05) is 24.3 Å². The van der Waals surface area contributed by atoms with Crippen LogP contribution in [0.3, 0.4) is 0 Å². The number of nitrogens with zero attached hydrogens (tertiary/aromatic N) is 2. The lowest BCUT2D eigenvalue weighted by Crippen LogP contribution is -2.57. The summed E-state index contributed by atoms with van der Waals surface area (Å²) in [6.07, 6.45) is 0.940. The van der Waals surface area contributed by atoms with Gasteiger partial charge in [-0.15, -0.1) is 0 Å². The van der Waals surface area contributed by atoms with Crippen LogP contribution in [0.4, 0.5) is 10.1 Å². The van der Waals surface area contributed by atoms with Crippen molar-refractivity contribution in [1.82, 2.24) is 4.90 Å². The maximum atomic E-state index is 13.9. The van der Waals surface area contributed by atoms with E-state index in [1.54, 1.807) is 24.0 Å². The molecule has 1 atom stereocenters. The Hall–Kier alpha value is -2.69. The van der Waals surface area contributed by atoms with Gasteiger partial charge < -0.3 is 9.80 Å². The lowest BCUT2D eigenvalue weighted by Gasteiger charge is -2.39. The molecule has 0 spiro atoms. The Morgan fingerprint density at radius 3 is 2.44 bits per heavy atom. The van der Waals surface area contributed by atoms with Crippen molar-refractivity contribution in [3.63, 3.8) is 0 Å². The van der Waals surface area contributed by atoms with Gasteiger partial charge in [0.1, 0.15) is 11.9 Å². The molecular formula is C20H21FN2O2. The number of halogens is 1. The third-order valence-corrected chi connectivity index (χ3v) is 4.68. The second kappa shape index (κ2) is 7.05. The average molecular weight is 340 g/mol. The third-order valence-electron chi connectivity index (χ3n) is 4.68. The summed E-state index contributed by atoms with van der Waals surface area (Å²) in [5.74, 6) is -1.16. The summed E-state index contributed by atoms with van der Waals surface area (Å²) in [6.45, 7) is 4.54. The van der Waals surface area contributed by atoms with Crippen LogP contribution in [-0.2, 0) is 11.2 Å². The lowest BCUT2D eigenvalue weighted by molar-refractivity contribution is -0.124. The first-order chi connectivity index (χ1) is 12.0. The Morgan fingerprint density at radius 1 is 1.12 bits per heavy atom. The van der Waals surface area contributed by atoms with Crippen molar-refractivity contribution in [2.45, 2.75) is 26.3 Å². The van der Waals surface area contributed by atoms with Crippen LogP contribution in [0.15, 0.2) is 48.5 Å². The highest BCUT2D eigenvalue weighted by Crippen LogP contribution is 2.23. The molecule has 2 aromatic rings. The number of carbonyl (C=O) groups excluding carboxylic acids is 2. The van der Waals surface area contributed by atoms with Gasteiger partial charge in [0.2, 0.25) is 5.91 Å². The van der Waals surface area contributed by atoms with E-state index in [2.05, 4.69) is 6.92 Å². The van der Waals surface area contributed by atoms with E-state index in [9.17, 15) is 14.0 Å². The number of rotatable bonds is 3. The predicted molar refractivity (Wildman–Crippen MR) is 95.1 cm³/mol. The second-order valence-electron chi connectivity index (χ2n) is 6.16. The summed E-state index contributed by atoms with van der Waals surface area (Å²) in [7, 11) is 0. The molecule has 4 nitrogen and oxygen atoms in total. The zero-order valence-corrected chi connectivity index (χ0v) is 14.4. The smallest absolute Gasteiger partial charge is 0.257 e. The molecule has 0 aromatic heterocycles. The number of hydrogen-bond acceptors (Lipinski definition) is 2. The highest BCUT2D eigenvalue weighted by Gasteiger charge is 2.35. The van der Waals surface area contributed by atoms with Crippen LogP contribution in [0.5, 0.6) is 0 Å². The third kappa shape index (κ3) is 3.27. The van der Waals surface area contributed by atoms with E-state index in [-0.39, 0.29) is 11.5 Å². The quantitative estimate of drug-likeness (QED) is 0.860. The van der Waals surface area contributed by atoms with Crippen LogP contribution in [0, 0.1) is 5.82 Å². The van der Waals surface area contributed by atoms with Crippen LogP contribution < -0.4 is 4.90 Å². The molecule has 1 aliphatic heterocycles. The molecule has 2 amide bonds. The summed E-state index contributed by atoms with van der Waals surface area (Å²) in [5, 5.41) is 0. The molecule has 0 aliphatic carbocycles. The summed E-state index contributed by atoms with van der Waals surface area (Å²) in [6, 6.07) is 13.1. The van der Waals surface area contributed by atoms with Crippen LogP contribution >= 0.6 is 0 Å². The van der Waals surface area contributed by atoms with Crippen molar-refractivity contribution < 1.29 is 14.0 Å². The van der Waals surface area contributed by atoms with Gasteiger partial charge in [0.05, 0.1) is 5.56 Å². The molecule has 130 valence electrons. The lowest BCUT2D eigenvalue weighted by atomic mass is 10.1. The van der Waals surface area contributed by atoms with Gasteiger partial charge in [-0.1, -0.05) is 31.2 Å². The van der Waals surface area contributed by atoms with E-state index in [0.717, 1.165) is 12.1 Å². The monoisotopic (exact) mass is 340 g/mol. The highest BCUT2D eigenvalue weighted by atomic mass is 19.1. The maximum Gasteiger partial charge on any atom is 0.257 e. The van der Waals surface area contributed by atoms with Gasteiger partial charge in [-0.05, 0) is 43.2 Å². The average Bonchev–Trinajstić information content (AvgIpc) is 2.64. The van der Waals surface area contributed by atoms with Crippen LogP contribution in [-0.4, -0.2) is 35.8 Å². The fourth-order valence-corrected chi connectivity index (χ4v) is 3.11. The van der Waals surface area contributed by atoms with Crippen LogP contribution in [0.1, 0.15) is 29.8 Å².